The van der Waals surface area contributed by atoms with E-state index in [1.165, 1.54) is 38.5 Å². The van der Waals surface area contributed by atoms with E-state index in [0.29, 0.717) is 0 Å². The van der Waals surface area contributed by atoms with Crippen molar-refractivity contribution in [2.75, 3.05) is 26.4 Å². The first-order valence-electron chi connectivity index (χ1n) is 11.9. The number of hydrogen-bond acceptors (Lipinski definition) is 6. The maximum Gasteiger partial charge on any atom is 0.309 e. The standard InChI is InChI=1S/C10H20O2.C8H18.C6H14O5/c1-4-5-6-7-8-10(2,3)9(11)12;1-4-6-7-8(3)5-2;7-1-5(9)3-11-4-6(10)2-8/h4-8H2,1-3H3,(H,11,12);8H,4-7H2,1-3H3;5-10H,1-4H2. The molecule has 0 saturated carbocycles. The summed E-state index contributed by atoms with van der Waals surface area (Å²) in [5, 5.41) is 42.9. The van der Waals surface area contributed by atoms with E-state index in [-0.39, 0.29) is 26.4 Å². The molecule has 0 aliphatic heterocycles. The minimum Gasteiger partial charge on any atom is -0.481 e. The molecule has 3 atom stereocenters. The van der Waals surface area contributed by atoms with Crippen LogP contribution >= 0.6 is 0 Å². The van der Waals surface area contributed by atoms with Gasteiger partial charge in [0.25, 0.3) is 0 Å². The average Bonchev–Trinajstić information content (AvgIpc) is 2.75. The van der Waals surface area contributed by atoms with Crippen molar-refractivity contribution in [1.29, 1.82) is 0 Å². The number of aliphatic hydroxyl groups excluding tert-OH is 4. The van der Waals surface area contributed by atoms with E-state index in [1.807, 2.05) is 0 Å². The number of carboxylic acids is 1. The molecule has 0 rings (SSSR count). The van der Waals surface area contributed by atoms with Crippen molar-refractivity contribution in [2.45, 2.75) is 112 Å². The minimum atomic E-state index is -0.916. The highest BCUT2D eigenvalue weighted by Gasteiger charge is 2.25. The molecule has 3 unspecified atom stereocenters. The number of carboxylic acid groups (broad SMARTS) is 1. The second-order valence-electron chi connectivity index (χ2n) is 8.87. The van der Waals surface area contributed by atoms with Gasteiger partial charge in [0.15, 0.2) is 0 Å². The van der Waals surface area contributed by atoms with Crippen molar-refractivity contribution in [1.82, 2.24) is 0 Å². The number of unbranched alkanes of at least 4 members (excludes halogenated alkanes) is 4. The van der Waals surface area contributed by atoms with E-state index in [2.05, 4.69) is 27.7 Å². The van der Waals surface area contributed by atoms with Crippen LogP contribution in [-0.2, 0) is 9.53 Å². The second kappa shape index (κ2) is 23.9. The number of rotatable bonds is 16. The molecule has 7 nitrogen and oxygen atoms in total. The van der Waals surface area contributed by atoms with E-state index >= 15 is 0 Å². The Balaban J connectivity index is -0.000000387. The predicted octanol–water partition coefficient (Wildman–Crippen LogP) is 4.00. The van der Waals surface area contributed by atoms with Crippen LogP contribution in [-0.4, -0.2) is 70.1 Å². The van der Waals surface area contributed by atoms with E-state index in [1.54, 1.807) is 13.8 Å². The fourth-order valence-corrected chi connectivity index (χ4v) is 2.30. The highest BCUT2D eigenvalue weighted by molar-refractivity contribution is 5.73. The van der Waals surface area contributed by atoms with Gasteiger partial charge in [-0.1, -0.05) is 79.1 Å². The average molecular weight is 453 g/mol. The summed E-state index contributed by atoms with van der Waals surface area (Å²) in [5.41, 5.74) is -0.534. The Hall–Kier alpha value is -0.730. The molecule has 0 saturated heterocycles. The first-order chi connectivity index (χ1) is 14.5. The molecular formula is C24H52O7. The number of carbonyl (C=O) groups is 1. The lowest BCUT2D eigenvalue weighted by Gasteiger charge is -2.18. The van der Waals surface area contributed by atoms with Crippen LogP contribution in [0.15, 0.2) is 0 Å². The molecule has 190 valence electrons. The zero-order valence-electron chi connectivity index (χ0n) is 21.0. The van der Waals surface area contributed by atoms with Crippen molar-refractivity contribution < 1.29 is 35.1 Å². The lowest BCUT2D eigenvalue weighted by molar-refractivity contribution is -0.147. The third-order valence-electron chi connectivity index (χ3n) is 5.02. The highest BCUT2D eigenvalue weighted by Crippen LogP contribution is 2.23. The zero-order valence-corrected chi connectivity index (χ0v) is 21.0. The van der Waals surface area contributed by atoms with Crippen molar-refractivity contribution in [2.24, 2.45) is 11.3 Å². The molecule has 0 spiro atoms. The summed E-state index contributed by atoms with van der Waals surface area (Å²) in [7, 11) is 0. The largest absolute Gasteiger partial charge is 0.481 e. The summed E-state index contributed by atoms with van der Waals surface area (Å²) in [5.74, 6) is 0.272. The summed E-state index contributed by atoms with van der Waals surface area (Å²) in [4.78, 5) is 10.7. The smallest absolute Gasteiger partial charge is 0.309 e. The van der Waals surface area contributed by atoms with Crippen LogP contribution in [0.5, 0.6) is 0 Å². The summed E-state index contributed by atoms with van der Waals surface area (Å²) in [6, 6.07) is 0. The van der Waals surface area contributed by atoms with Crippen LogP contribution in [0, 0.1) is 11.3 Å². The first kappa shape index (κ1) is 34.9. The van der Waals surface area contributed by atoms with Crippen LogP contribution in [0.4, 0.5) is 0 Å². The fourth-order valence-electron chi connectivity index (χ4n) is 2.30. The fraction of sp³-hybridized carbons (Fsp3) is 0.958. The van der Waals surface area contributed by atoms with E-state index in [4.69, 9.17) is 30.3 Å². The summed E-state index contributed by atoms with van der Waals surface area (Å²) in [6.07, 6.45) is 9.11. The molecule has 7 heteroatoms. The molecule has 0 aromatic heterocycles. The SMILES string of the molecule is CCCCC(C)CC.CCCCCCC(C)(C)C(=O)O.OCC(O)COCC(O)CO. The lowest BCUT2D eigenvalue weighted by Crippen LogP contribution is -2.25. The third kappa shape index (κ3) is 27.2. The molecule has 0 heterocycles. The van der Waals surface area contributed by atoms with Crippen molar-refractivity contribution in [3.05, 3.63) is 0 Å². The van der Waals surface area contributed by atoms with Gasteiger partial charge in [0.05, 0.1) is 31.8 Å². The number of hydrogen-bond donors (Lipinski definition) is 5. The van der Waals surface area contributed by atoms with E-state index in [0.717, 1.165) is 25.2 Å². The Morgan fingerprint density at radius 1 is 0.871 bits per heavy atom. The van der Waals surface area contributed by atoms with Crippen LogP contribution in [0.3, 0.4) is 0 Å². The molecule has 0 aromatic rings. The summed E-state index contributed by atoms with van der Waals surface area (Å²) in [6.45, 7) is 11.8. The lowest BCUT2D eigenvalue weighted by atomic mass is 9.87. The van der Waals surface area contributed by atoms with Gasteiger partial charge in [0.2, 0.25) is 0 Å². The molecular weight excluding hydrogens is 400 g/mol. The van der Waals surface area contributed by atoms with Gasteiger partial charge in [0.1, 0.15) is 12.2 Å². The maximum absolute atomic E-state index is 10.7. The van der Waals surface area contributed by atoms with Gasteiger partial charge in [-0.25, -0.2) is 0 Å². The summed E-state index contributed by atoms with van der Waals surface area (Å²) < 4.78 is 4.72. The monoisotopic (exact) mass is 452 g/mol. The molecule has 0 fully saturated rings. The van der Waals surface area contributed by atoms with Gasteiger partial charge in [-0.05, 0) is 26.2 Å². The van der Waals surface area contributed by atoms with E-state index < -0.39 is 23.6 Å². The Morgan fingerprint density at radius 2 is 1.35 bits per heavy atom. The zero-order chi connectivity index (χ0) is 24.7. The van der Waals surface area contributed by atoms with Crippen LogP contribution in [0.1, 0.15) is 99.3 Å². The molecule has 0 bridgehead atoms. The van der Waals surface area contributed by atoms with Gasteiger partial charge in [-0.3, -0.25) is 4.79 Å². The third-order valence-corrected chi connectivity index (χ3v) is 5.02. The second-order valence-corrected chi connectivity index (χ2v) is 8.87. The number of aliphatic carboxylic acids is 1. The van der Waals surface area contributed by atoms with E-state index in [9.17, 15) is 4.79 Å². The van der Waals surface area contributed by atoms with Crippen LogP contribution in [0.2, 0.25) is 0 Å². The van der Waals surface area contributed by atoms with Gasteiger partial charge in [-0.15, -0.1) is 0 Å². The van der Waals surface area contributed by atoms with Crippen molar-refractivity contribution in [3.8, 4) is 0 Å². The number of ether oxygens (including phenoxy) is 1. The Kier molecular flexibility index (Phi) is 26.9. The predicted molar refractivity (Wildman–Crippen MR) is 126 cm³/mol. The van der Waals surface area contributed by atoms with Gasteiger partial charge < -0.3 is 30.3 Å². The number of aliphatic hydroxyl groups is 4. The van der Waals surface area contributed by atoms with Crippen molar-refractivity contribution in [3.63, 3.8) is 0 Å². The van der Waals surface area contributed by atoms with Crippen LogP contribution in [0.25, 0.3) is 0 Å². The van der Waals surface area contributed by atoms with Crippen molar-refractivity contribution >= 4 is 5.97 Å². The summed E-state index contributed by atoms with van der Waals surface area (Å²) >= 11 is 0. The molecule has 5 N–H and O–H groups in total. The molecule has 0 amide bonds. The molecule has 0 radical (unpaired) electrons. The normalized spacial score (nSPS) is 13.9. The van der Waals surface area contributed by atoms with Gasteiger partial charge in [0, 0.05) is 0 Å². The van der Waals surface area contributed by atoms with Gasteiger partial charge in [-0.2, -0.15) is 0 Å². The topological polar surface area (TPSA) is 127 Å². The Morgan fingerprint density at radius 3 is 1.71 bits per heavy atom. The first-order valence-corrected chi connectivity index (χ1v) is 11.9. The Bertz CT molecular complexity index is 365. The molecule has 31 heavy (non-hydrogen) atoms. The minimum absolute atomic E-state index is 0.0342. The molecule has 0 aromatic carbocycles. The highest BCUT2D eigenvalue weighted by atomic mass is 16.5. The molecule has 0 aliphatic rings. The molecule has 0 aliphatic carbocycles. The van der Waals surface area contributed by atoms with Gasteiger partial charge >= 0.3 is 5.97 Å². The Labute approximate surface area is 190 Å². The quantitative estimate of drug-likeness (QED) is 0.224. The van der Waals surface area contributed by atoms with Crippen LogP contribution < -0.4 is 0 Å². The maximum atomic E-state index is 10.7.